The Hall–Kier alpha value is -2.25. The number of nitrogens with one attached hydrogen (secondary N) is 1. The highest BCUT2D eigenvalue weighted by atomic mass is 19.1. The monoisotopic (exact) mass is 414 g/mol. The number of nitrogens with zero attached hydrogens (tertiary/aromatic N) is 3. The maximum Gasteiger partial charge on any atom is 0.274 e. The summed E-state index contributed by atoms with van der Waals surface area (Å²) in [7, 11) is 0. The van der Waals surface area contributed by atoms with Crippen LogP contribution in [-0.4, -0.2) is 52.9 Å². The Morgan fingerprint density at radius 1 is 1.33 bits per heavy atom. The first-order chi connectivity index (χ1) is 14.5. The highest BCUT2D eigenvalue weighted by molar-refractivity contribution is 5.94. The number of benzene rings is 1. The van der Waals surface area contributed by atoms with Gasteiger partial charge >= 0.3 is 0 Å². The van der Waals surface area contributed by atoms with Crippen LogP contribution in [0.15, 0.2) is 24.3 Å². The van der Waals surface area contributed by atoms with Crippen molar-refractivity contribution in [1.82, 2.24) is 20.0 Å². The topological polar surface area (TPSA) is 59.4 Å². The lowest BCUT2D eigenvalue weighted by Crippen LogP contribution is -2.41. The molecule has 1 aliphatic heterocycles. The molecule has 0 saturated carbocycles. The Balaban J connectivity index is 1.53. The van der Waals surface area contributed by atoms with E-state index in [4.69, 9.17) is 9.84 Å². The number of fused-ring (bicyclic) bond motifs is 1. The van der Waals surface area contributed by atoms with Crippen molar-refractivity contribution in [2.75, 3.05) is 26.3 Å². The fourth-order valence-corrected chi connectivity index (χ4v) is 4.36. The van der Waals surface area contributed by atoms with E-state index in [0.717, 1.165) is 36.9 Å². The maximum atomic E-state index is 13.5. The third-order valence-corrected chi connectivity index (χ3v) is 5.87. The van der Waals surface area contributed by atoms with Crippen molar-refractivity contribution in [3.05, 3.63) is 52.6 Å². The van der Waals surface area contributed by atoms with Crippen molar-refractivity contribution in [2.24, 2.45) is 5.92 Å². The van der Waals surface area contributed by atoms with Gasteiger partial charge in [0.2, 0.25) is 0 Å². The van der Waals surface area contributed by atoms with Gasteiger partial charge in [0.05, 0.1) is 13.2 Å². The van der Waals surface area contributed by atoms with E-state index in [9.17, 15) is 9.18 Å². The normalized spacial score (nSPS) is 19.2. The molecule has 30 heavy (non-hydrogen) atoms. The number of morpholine rings is 1. The lowest BCUT2D eigenvalue weighted by molar-refractivity contribution is 0.0297. The molecule has 1 fully saturated rings. The SMILES string of the molecule is CC(C)Cn1nc(C(=O)N2CCOCC2)c2c1CCC(NCc1cccc(F)c1)C2. The van der Waals surface area contributed by atoms with Gasteiger partial charge in [-0.25, -0.2) is 4.39 Å². The van der Waals surface area contributed by atoms with Gasteiger partial charge in [-0.2, -0.15) is 5.10 Å². The molecule has 1 amide bonds. The summed E-state index contributed by atoms with van der Waals surface area (Å²) in [6.07, 6.45) is 2.65. The molecular weight excluding hydrogens is 383 g/mol. The molecule has 0 radical (unpaired) electrons. The van der Waals surface area contributed by atoms with E-state index in [0.29, 0.717) is 44.5 Å². The average molecular weight is 415 g/mol. The van der Waals surface area contributed by atoms with Crippen LogP contribution in [-0.2, 0) is 30.7 Å². The third-order valence-electron chi connectivity index (χ3n) is 5.87. The summed E-state index contributed by atoms with van der Waals surface area (Å²) in [4.78, 5) is 15.1. The van der Waals surface area contributed by atoms with Crippen molar-refractivity contribution in [3.63, 3.8) is 0 Å². The highest BCUT2D eigenvalue weighted by Gasteiger charge is 2.31. The number of ether oxygens (including phenoxy) is 1. The molecule has 1 unspecified atom stereocenters. The van der Waals surface area contributed by atoms with Gasteiger partial charge in [-0.05, 0) is 42.9 Å². The van der Waals surface area contributed by atoms with Crippen LogP contribution in [0.1, 0.15) is 47.6 Å². The van der Waals surface area contributed by atoms with Crippen LogP contribution in [0.4, 0.5) is 4.39 Å². The van der Waals surface area contributed by atoms with Crippen molar-refractivity contribution in [1.29, 1.82) is 0 Å². The summed E-state index contributed by atoms with van der Waals surface area (Å²) in [6, 6.07) is 6.94. The van der Waals surface area contributed by atoms with Gasteiger partial charge in [0.15, 0.2) is 5.69 Å². The van der Waals surface area contributed by atoms with Crippen LogP contribution >= 0.6 is 0 Å². The molecular formula is C23H31FN4O2. The minimum atomic E-state index is -0.214. The Bertz CT molecular complexity index is 889. The summed E-state index contributed by atoms with van der Waals surface area (Å²) in [5.74, 6) is 0.264. The number of hydrogen-bond donors (Lipinski definition) is 1. The molecule has 1 N–H and O–H groups in total. The van der Waals surface area contributed by atoms with Crippen LogP contribution in [0.5, 0.6) is 0 Å². The van der Waals surface area contributed by atoms with Crippen molar-refractivity contribution < 1.29 is 13.9 Å². The molecule has 2 aromatic rings. The Morgan fingerprint density at radius 2 is 2.13 bits per heavy atom. The van der Waals surface area contributed by atoms with E-state index in [2.05, 4.69) is 23.8 Å². The molecule has 1 aromatic carbocycles. The first-order valence-corrected chi connectivity index (χ1v) is 10.9. The van der Waals surface area contributed by atoms with Crippen molar-refractivity contribution in [3.8, 4) is 0 Å². The van der Waals surface area contributed by atoms with Crippen LogP contribution in [0.3, 0.4) is 0 Å². The number of aromatic nitrogens is 2. The van der Waals surface area contributed by atoms with Crippen LogP contribution < -0.4 is 5.32 Å². The minimum Gasteiger partial charge on any atom is -0.378 e. The van der Waals surface area contributed by atoms with Gasteiger partial charge in [-0.15, -0.1) is 0 Å². The Morgan fingerprint density at radius 3 is 2.87 bits per heavy atom. The zero-order valence-corrected chi connectivity index (χ0v) is 17.9. The van der Waals surface area contributed by atoms with Crippen molar-refractivity contribution in [2.45, 2.75) is 52.2 Å². The summed E-state index contributed by atoms with van der Waals surface area (Å²) < 4.78 is 20.9. The second-order valence-electron chi connectivity index (χ2n) is 8.70. The van der Waals surface area contributed by atoms with Gasteiger partial charge in [0.1, 0.15) is 5.82 Å². The molecule has 4 rings (SSSR count). The van der Waals surface area contributed by atoms with Gasteiger partial charge < -0.3 is 15.0 Å². The molecule has 2 aliphatic rings. The fraction of sp³-hybridized carbons (Fsp3) is 0.565. The largest absolute Gasteiger partial charge is 0.378 e. The smallest absolute Gasteiger partial charge is 0.274 e. The fourth-order valence-electron chi connectivity index (χ4n) is 4.36. The number of halogens is 1. The molecule has 162 valence electrons. The van der Waals surface area contributed by atoms with Gasteiger partial charge in [-0.1, -0.05) is 26.0 Å². The first kappa shape index (κ1) is 21.0. The molecule has 2 heterocycles. The summed E-state index contributed by atoms with van der Waals surface area (Å²) >= 11 is 0. The second kappa shape index (κ2) is 9.27. The van der Waals surface area contributed by atoms with E-state index < -0.39 is 0 Å². The van der Waals surface area contributed by atoms with Gasteiger partial charge in [0, 0.05) is 43.5 Å². The van der Waals surface area contributed by atoms with E-state index in [1.165, 1.54) is 11.8 Å². The Kier molecular flexibility index (Phi) is 6.49. The van der Waals surface area contributed by atoms with E-state index in [-0.39, 0.29) is 17.8 Å². The summed E-state index contributed by atoms with van der Waals surface area (Å²) in [5.41, 5.74) is 3.81. The predicted octanol–water partition coefficient (Wildman–Crippen LogP) is 2.80. The van der Waals surface area contributed by atoms with E-state index in [1.807, 2.05) is 11.0 Å². The highest BCUT2D eigenvalue weighted by Crippen LogP contribution is 2.27. The summed E-state index contributed by atoms with van der Waals surface area (Å²) in [5, 5.41) is 8.33. The second-order valence-corrected chi connectivity index (χ2v) is 8.70. The molecule has 1 atom stereocenters. The average Bonchev–Trinajstić information content (AvgIpc) is 3.09. The Labute approximate surface area is 177 Å². The van der Waals surface area contributed by atoms with Crippen LogP contribution in [0, 0.1) is 11.7 Å². The quantitative estimate of drug-likeness (QED) is 0.790. The number of carbonyl (C=O) groups excluding carboxylic acids is 1. The molecule has 7 heteroatoms. The molecule has 1 aliphatic carbocycles. The first-order valence-electron chi connectivity index (χ1n) is 10.9. The molecule has 1 aromatic heterocycles. The van der Waals surface area contributed by atoms with E-state index >= 15 is 0 Å². The van der Waals surface area contributed by atoms with E-state index in [1.54, 1.807) is 12.1 Å². The molecule has 6 nitrogen and oxygen atoms in total. The molecule has 0 bridgehead atoms. The van der Waals surface area contributed by atoms with Crippen LogP contribution in [0.25, 0.3) is 0 Å². The summed E-state index contributed by atoms with van der Waals surface area (Å²) in [6.45, 7) is 8.17. The number of hydrogen-bond acceptors (Lipinski definition) is 4. The zero-order valence-electron chi connectivity index (χ0n) is 17.9. The minimum absolute atomic E-state index is 0.0165. The number of amides is 1. The lowest BCUT2D eigenvalue weighted by Gasteiger charge is -2.28. The van der Waals surface area contributed by atoms with Gasteiger partial charge in [0.25, 0.3) is 5.91 Å². The standard InChI is InChI=1S/C23H31FN4O2/c1-16(2)15-28-21-7-6-19(25-14-17-4-3-5-18(24)12-17)13-20(21)22(26-28)23(29)27-8-10-30-11-9-27/h3-5,12,16,19,25H,6-11,13-15H2,1-2H3. The number of carbonyl (C=O) groups is 1. The predicted molar refractivity (Wildman–Crippen MR) is 113 cm³/mol. The van der Waals surface area contributed by atoms with Crippen LogP contribution in [0.2, 0.25) is 0 Å². The molecule has 1 saturated heterocycles. The molecule has 0 spiro atoms. The van der Waals surface area contributed by atoms with Crippen molar-refractivity contribution >= 4 is 5.91 Å². The lowest BCUT2D eigenvalue weighted by atomic mass is 9.90. The third kappa shape index (κ3) is 4.73. The zero-order chi connectivity index (χ0) is 21.1. The number of rotatable bonds is 6. The van der Waals surface area contributed by atoms with Gasteiger partial charge in [-0.3, -0.25) is 9.48 Å². The maximum absolute atomic E-state index is 13.5.